The molecule has 3 aromatic carbocycles. The molecule has 1 aliphatic rings. The lowest BCUT2D eigenvalue weighted by Crippen LogP contribution is -2.23. The van der Waals surface area contributed by atoms with E-state index in [-0.39, 0.29) is 11.5 Å². The van der Waals surface area contributed by atoms with Crippen LogP contribution in [0.15, 0.2) is 65.6 Å². The van der Waals surface area contributed by atoms with Crippen LogP contribution in [0.2, 0.25) is 5.02 Å². The Labute approximate surface area is 176 Å². The molecule has 4 nitrogen and oxygen atoms in total. The van der Waals surface area contributed by atoms with Crippen molar-refractivity contribution in [1.82, 2.24) is 0 Å². The Morgan fingerprint density at radius 1 is 1.03 bits per heavy atom. The molecule has 0 spiro atoms. The summed E-state index contributed by atoms with van der Waals surface area (Å²) in [7, 11) is -3.84. The predicted octanol–water partition coefficient (Wildman–Crippen LogP) is 5.33. The minimum atomic E-state index is -3.84. The van der Waals surface area contributed by atoms with Gasteiger partial charge in [-0.25, -0.2) is 0 Å². The molecule has 0 fully saturated rings. The van der Waals surface area contributed by atoms with Crippen LogP contribution in [0.25, 0.3) is 11.1 Å². The van der Waals surface area contributed by atoms with E-state index in [1.807, 2.05) is 50.2 Å². The van der Waals surface area contributed by atoms with Crippen LogP contribution >= 0.6 is 11.6 Å². The molecule has 6 heteroatoms. The summed E-state index contributed by atoms with van der Waals surface area (Å²) in [5.74, 6) is 0.702. The van der Waals surface area contributed by atoms with Crippen LogP contribution in [0.5, 0.6) is 5.75 Å². The molecule has 0 radical (unpaired) electrons. The maximum absolute atomic E-state index is 12.5. The van der Waals surface area contributed by atoms with Gasteiger partial charge >= 0.3 is 0 Å². The fourth-order valence-corrected chi connectivity index (χ4v) is 4.67. The first-order chi connectivity index (χ1) is 13.8. The van der Waals surface area contributed by atoms with Crippen molar-refractivity contribution in [1.29, 1.82) is 0 Å². The van der Waals surface area contributed by atoms with Crippen molar-refractivity contribution in [3.63, 3.8) is 0 Å². The first-order valence-electron chi connectivity index (χ1n) is 9.35. The number of rotatable bonds is 5. The van der Waals surface area contributed by atoms with Crippen molar-refractivity contribution in [3.05, 3.63) is 82.4 Å². The molecule has 0 saturated carbocycles. The predicted molar refractivity (Wildman–Crippen MR) is 114 cm³/mol. The van der Waals surface area contributed by atoms with Gasteiger partial charge in [0, 0.05) is 12.0 Å². The van der Waals surface area contributed by atoms with E-state index in [2.05, 4.69) is 0 Å². The largest absolute Gasteiger partial charge is 0.487 e. The SMILES string of the molecule is Cc1ccc(S(=O)(=O)OCC2Cc3ccc(Cl)c(-c4ccccc4C)c3O2)cc1. The number of fused-ring (bicyclic) bond motifs is 1. The number of benzene rings is 3. The van der Waals surface area contributed by atoms with Crippen LogP contribution in [0.4, 0.5) is 0 Å². The Hall–Kier alpha value is -2.34. The average molecular weight is 429 g/mol. The number of hydrogen-bond donors (Lipinski definition) is 0. The lowest BCUT2D eigenvalue weighted by atomic mass is 9.97. The molecule has 0 aromatic heterocycles. The van der Waals surface area contributed by atoms with E-state index >= 15 is 0 Å². The van der Waals surface area contributed by atoms with E-state index in [1.54, 1.807) is 24.3 Å². The van der Waals surface area contributed by atoms with Crippen LogP contribution in [-0.4, -0.2) is 21.1 Å². The van der Waals surface area contributed by atoms with Crippen LogP contribution in [0.1, 0.15) is 16.7 Å². The molecule has 29 heavy (non-hydrogen) atoms. The third kappa shape index (κ3) is 4.04. The minimum absolute atomic E-state index is 0.0598. The third-order valence-corrected chi connectivity index (χ3v) is 6.66. The molecule has 0 amide bonds. The molecule has 0 saturated heterocycles. The second-order valence-electron chi connectivity index (χ2n) is 7.22. The lowest BCUT2D eigenvalue weighted by molar-refractivity contribution is 0.152. The number of ether oxygens (including phenoxy) is 1. The Morgan fingerprint density at radius 3 is 2.48 bits per heavy atom. The lowest BCUT2D eigenvalue weighted by Gasteiger charge is -2.15. The summed E-state index contributed by atoms with van der Waals surface area (Å²) < 4.78 is 36.3. The average Bonchev–Trinajstić information content (AvgIpc) is 3.11. The van der Waals surface area contributed by atoms with Gasteiger partial charge < -0.3 is 4.74 Å². The van der Waals surface area contributed by atoms with E-state index in [1.165, 1.54) is 0 Å². The number of aryl methyl sites for hydroxylation is 2. The molecule has 3 aromatic rings. The molecule has 0 N–H and O–H groups in total. The van der Waals surface area contributed by atoms with Gasteiger partial charge in [-0.2, -0.15) is 8.42 Å². The second kappa shape index (κ2) is 7.82. The van der Waals surface area contributed by atoms with E-state index in [0.29, 0.717) is 17.2 Å². The molecule has 4 rings (SSSR count). The first kappa shape index (κ1) is 20.0. The van der Waals surface area contributed by atoms with Gasteiger partial charge in [0.15, 0.2) is 0 Å². The smallest absolute Gasteiger partial charge is 0.297 e. The third-order valence-electron chi connectivity index (χ3n) is 5.05. The highest BCUT2D eigenvalue weighted by Crippen LogP contribution is 2.44. The zero-order valence-electron chi connectivity index (χ0n) is 16.2. The zero-order chi connectivity index (χ0) is 20.6. The Bertz CT molecular complexity index is 1150. The van der Waals surface area contributed by atoms with E-state index in [0.717, 1.165) is 27.8 Å². The minimum Gasteiger partial charge on any atom is -0.487 e. The van der Waals surface area contributed by atoms with E-state index in [4.69, 9.17) is 20.5 Å². The maximum Gasteiger partial charge on any atom is 0.297 e. The summed E-state index contributed by atoms with van der Waals surface area (Å²) in [5.41, 5.74) is 4.91. The summed E-state index contributed by atoms with van der Waals surface area (Å²) in [6.07, 6.45) is 0.167. The molecular formula is C23H21ClO4S. The Morgan fingerprint density at radius 2 is 1.76 bits per heavy atom. The molecule has 0 bridgehead atoms. The van der Waals surface area contributed by atoms with Crippen molar-refractivity contribution in [2.24, 2.45) is 0 Å². The summed E-state index contributed by atoms with van der Waals surface area (Å²) in [6.45, 7) is 3.86. The molecule has 1 atom stereocenters. The van der Waals surface area contributed by atoms with Crippen molar-refractivity contribution in [2.75, 3.05) is 6.61 Å². The first-order valence-corrected chi connectivity index (χ1v) is 11.1. The maximum atomic E-state index is 12.5. The highest BCUT2D eigenvalue weighted by molar-refractivity contribution is 7.86. The summed E-state index contributed by atoms with van der Waals surface area (Å²) in [4.78, 5) is 0.141. The molecule has 1 aliphatic heterocycles. The van der Waals surface area contributed by atoms with Gasteiger partial charge in [0.2, 0.25) is 0 Å². The van der Waals surface area contributed by atoms with E-state index in [9.17, 15) is 8.42 Å². The number of hydrogen-bond acceptors (Lipinski definition) is 4. The fraction of sp³-hybridized carbons (Fsp3) is 0.217. The normalized spacial score (nSPS) is 15.8. The Kier molecular flexibility index (Phi) is 5.38. The van der Waals surface area contributed by atoms with Gasteiger partial charge in [0.1, 0.15) is 18.5 Å². The molecule has 150 valence electrons. The van der Waals surface area contributed by atoms with Crippen LogP contribution < -0.4 is 4.74 Å². The highest BCUT2D eigenvalue weighted by Gasteiger charge is 2.29. The van der Waals surface area contributed by atoms with E-state index < -0.39 is 16.2 Å². The van der Waals surface area contributed by atoms with Crippen molar-refractivity contribution in [2.45, 2.75) is 31.3 Å². The topological polar surface area (TPSA) is 52.6 Å². The standard InChI is InChI=1S/C23H21ClO4S/c1-15-7-10-19(11-8-15)29(25,26)27-14-18-13-17-9-12-21(24)22(23(17)28-18)20-6-4-3-5-16(20)2/h3-12,18H,13-14H2,1-2H3. The zero-order valence-corrected chi connectivity index (χ0v) is 17.8. The highest BCUT2D eigenvalue weighted by atomic mass is 35.5. The summed E-state index contributed by atoms with van der Waals surface area (Å²) >= 11 is 6.50. The molecular weight excluding hydrogens is 408 g/mol. The van der Waals surface area contributed by atoms with Gasteiger partial charge in [0.25, 0.3) is 10.1 Å². The summed E-state index contributed by atoms with van der Waals surface area (Å²) in [5, 5.41) is 0.604. The van der Waals surface area contributed by atoms with Gasteiger partial charge in [-0.15, -0.1) is 0 Å². The second-order valence-corrected chi connectivity index (χ2v) is 9.24. The molecule has 0 aliphatic carbocycles. The monoisotopic (exact) mass is 428 g/mol. The van der Waals surface area contributed by atoms with Gasteiger partial charge in [-0.3, -0.25) is 4.18 Å². The Balaban J connectivity index is 1.55. The van der Waals surface area contributed by atoms with Gasteiger partial charge in [-0.05, 0) is 48.7 Å². The molecule has 1 unspecified atom stereocenters. The van der Waals surface area contributed by atoms with Crippen LogP contribution in [0, 0.1) is 13.8 Å². The van der Waals surface area contributed by atoms with Gasteiger partial charge in [0.05, 0.1) is 9.92 Å². The quantitative estimate of drug-likeness (QED) is 0.515. The van der Waals surface area contributed by atoms with Crippen LogP contribution in [-0.2, 0) is 20.7 Å². The summed E-state index contributed by atoms with van der Waals surface area (Å²) in [6, 6.07) is 18.3. The number of halogens is 1. The van der Waals surface area contributed by atoms with Crippen molar-refractivity contribution in [3.8, 4) is 16.9 Å². The fourth-order valence-electron chi connectivity index (χ4n) is 3.49. The van der Waals surface area contributed by atoms with Crippen molar-refractivity contribution >= 4 is 21.7 Å². The van der Waals surface area contributed by atoms with Crippen molar-refractivity contribution < 1.29 is 17.3 Å². The van der Waals surface area contributed by atoms with Crippen LogP contribution in [0.3, 0.4) is 0 Å². The molecule has 1 heterocycles. The van der Waals surface area contributed by atoms with Gasteiger partial charge in [-0.1, -0.05) is 59.6 Å².